The topological polar surface area (TPSA) is 41.1 Å². The summed E-state index contributed by atoms with van der Waals surface area (Å²) in [6, 6.07) is 5.70. The molecule has 0 spiro atoms. The fourth-order valence-electron chi connectivity index (χ4n) is 1.46. The summed E-state index contributed by atoms with van der Waals surface area (Å²) in [7, 11) is 0. The van der Waals surface area contributed by atoms with Crippen LogP contribution in [0.25, 0.3) is 0 Å². The molecule has 0 saturated carbocycles. The zero-order chi connectivity index (χ0) is 11.3. The molecule has 3 nitrogen and oxygen atoms in total. The van der Waals surface area contributed by atoms with Gasteiger partial charge in [0.25, 0.3) is 5.91 Å². The van der Waals surface area contributed by atoms with E-state index in [4.69, 9.17) is 0 Å². The normalized spacial score (nSPS) is 9.80. The molecule has 1 amide bonds. The van der Waals surface area contributed by atoms with Gasteiger partial charge in [0.15, 0.2) is 0 Å². The number of amides is 1. The maximum atomic E-state index is 11.5. The Labute approximate surface area is 90.9 Å². The van der Waals surface area contributed by atoms with Gasteiger partial charge in [-0.3, -0.25) is 4.79 Å². The molecule has 0 radical (unpaired) electrons. The van der Waals surface area contributed by atoms with E-state index in [0.29, 0.717) is 6.54 Å². The van der Waals surface area contributed by atoms with Crippen molar-refractivity contribution in [3.05, 3.63) is 29.3 Å². The lowest BCUT2D eigenvalue weighted by atomic mass is 10.1. The molecule has 0 fully saturated rings. The lowest BCUT2D eigenvalue weighted by Gasteiger charge is -2.09. The molecule has 0 aromatic heterocycles. The Morgan fingerprint density at radius 3 is 2.53 bits per heavy atom. The Morgan fingerprint density at radius 2 is 2.00 bits per heavy atom. The minimum absolute atomic E-state index is 0.0105. The molecule has 0 aliphatic heterocycles. The van der Waals surface area contributed by atoms with Gasteiger partial charge in [0.2, 0.25) is 0 Å². The molecule has 0 aliphatic carbocycles. The molecule has 0 atom stereocenters. The molecule has 0 bridgehead atoms. The van der Waals surface area contributed by atoms with Crippen LogP contribution >= 0.6 is 0 Å². The SMILES string of the molecule is CCNC(=O)c1ccc(NCC)c(C)c1. The second-order valence-corrected chi connectivity index (χ2v) is 3.42. The Morgan fingerprint density at radius 1 is 1.27 bits per heavy atom. The van der Waals surface area contributed by atoms with Crippen molar-refractivity contribution < 1.29 is 4.79 Å². The molecule has 1 aromatic carbocycles. The molecule has 3 heteroatoms. The maximum absolute atomic E-state index is 11.5. The number of hydrogen-bond acceptors (Lipinski definition) is 2. The van der Waals surface area contributed by atoms with Crippen LogP contribution in [0.2, 0.25) is 0 Å². The number of nitrogens with one attached hydrogen (secondary N) is 2. The predicted molar refractivity (Wildman–Crippen MR) is 63.3 cm³/mol. The van der Waals surface area contributed by atoms with Gasteiger partial charge in [-0.05, 0) is 44.5 Å². The first-order chi connectivity index (χ1) is 7.19. The summed E-state index contributed by atoms with van der Waals surface area (Å²) < 4.78 is 0. The highest BCUT2D eigenvalue weighted by atomic mass is 16.1. The Hall–Kier alpha value is -1.51. The smallest absolute Gasteiger partial charge is 0.251 e. The van der Waals surface area contributed by atoms with E-state index >= 15 is 0 Å². The van der Waals surface area contributed by atoms with Gasteiger partial charge in [-0.25, -0.2) is 0 Å². The third-order valence-electron chi connectivity index (χ3n) is 2.19. The van der Waals surface area contributed by atoms with Gasteiger partial charge in [-0.2, -0.15) is 0 Å². The van der Waals surface area contributed by atoms with E-state index in [0.717, 1.165) is 23.4 Å². The summed E-state index contributed by atoms with van der Waals surface area (Å²) in [5, 5.41) is 6.02. The fourth-order valence-corrected chi connectivity index (χ4v) is 1.46. The van der Waals surface area contributed by atoms with Crippen LogP contribution in [0.5, 0.6) is 0 Å². The Kier molecular flexibility index (Phi) is 4.16. The van der Waals surface area contributed by atoms with Gasteiger partial charge in [0.1, 0.15) is 0 Å². The van der Waals surface area contributed by atoms with Gasteiger partial charge in [-0.15, -0.1) is 0 Å². The number of carbonyl (C=O) groups excluding carboxylic acids is 1. The van der Waals surface area contributed by atoms with Crippen LogP contribution in [0.15, 0.2) is 18.2 Å². The zero-order valence-electron chi connectivity index (χ0n) is 9.55. The highest BCUT2D eigenvalue weighted by Crippen LogP contribution is 2.16. The Bertz CT molecular complexity index is 347. The first kappa shape index (κ1) is 11.6. The first-order valence-electron chi connectivity index (χ1n) is 5.31. The fraction of sp³-hybridized carbons (Fsp3) is 0.417. The molecule has 1 aromatic rings. The maximum Gasteiger partial charge on any atom is 0.251 e. The zero-order valence-corrected chi connectivity index (χ0v) is 9.55. The quantitative estimate of drug-likeness (QED) is 0.792. The average molecular weight is 206 g/mol. The number of hydrogen-bond donors (Lipinski definition) is 2. The highest BCUT2D eigenvalue weighted by Gasteiger charge is 2.05. The van der Waals surface area contributed by atoms with Crippen molar-refractivity contribution in [2.75, 3.05) is 18.4 Å². The molecule has 0 heterocycles. The van der Waals surface area contributed by atoms with Crippen molar-refractivity contribution in [2.24, 2.45) is 0 Å². The van der Waals surface area contributed by atoms with E-state index in [9.17, 15) is 4.79 Å². The van der Waals surface area contributed by atoms with Gasteiger partial charge < -0.3 is 10.6 Å². The van der Waals surface area contributed by atoms with Crippen LogP contribution in [0.4, 0.5) is 5.69 Å². The monoisotopic (exact) mass is 206 g/mol. The third kappa shape index (κ3) is 2.98. The Balaban J connectivity index is 2.86. The van der Waals surface area contributed by atoms with Crippen molar-refractivity contribution in [3.63, 3.8) is 0 Å². The van der Waals surface area contributed by atoms with Crippen LogP contribution in [-0.4, -0.2) is 19.0 Å². The van der Waals surface area contributed by atoms with Crippen LogP contribution in [0.3, 0.4) is 0 Å². The number of aryl methyl sites for hydroxylation is 1. The van der Waals surface area contributed by atoms with Crippen molar-refractivity contribution in [1.82, 2.24) is 5.32 Å². The standard InChI is InChI=1S/C12H18N2O/c1-4-13-11-7-6-10(8-9(11)3)12(15)14-5-2/h6-8,13H,4-5H2,1-3H3,(H,14,15). The molecule has 0 unspecified atom stereocenters. The van der Waals surface area contributed by atoms with Gasteiger partial charge in [0.05, 0.1) is 0 Å². The van der Waals surface area contributed by atoms with Crippen molar-refractivity contribution in [3.8, 4) is 0 Å². The summed E-state index contributed by atoms with van der Waals surface area (Å²) in [5.41, 5.74) is 2.90. The number of anilines is 1. The second kappa shape index (κ2) is 5.39. The van der Waals surface area contributed by atoms with Gasteiger partial charge >= 0.3 is 0 Å². The third-order valence-corrected chi connectivity index (χ3v) is 2.19. The van der Waals surface area contributed by atoms with E-state index in [1.165, 1.54) is 0 Å². The summed E-state index contributed by atoms with van der Waals surface area (Å²) in [6.45, 7) is 7.52. The number of carbonyl (C=O) groups is 1. The van der Waals surface area contributed by atoms with Gasteiger partial charge in [0, 0.05) is 24.3 Å². The molecule has 0 saturated heterocycles. The van der Waals surface area contributed by atoms with Crippen LogP contribution in [-0.2, 0) is 0 Å². The molecule has 2 N–H and O–H groups in total. The van der Waals surface area contributed by atoms with E-state index in [2.05, 4.69) is 17.6 Å². The molecular weight excluding hydrogens is 188 g/mol. The summed E-state index contributed by atoms with van der Waals surface area (Å²) in [5.74, 6) is -0.0105. The lowest BCUT2D eigenvalue weighted by Crippen LogP contribution is -2.22. The van der Waals surface area contributed by atoms with Crippen molar-refractivity contribution in [2.45, 2.75) is 20.8 Å². The molecular formula is C12H18N2O. The van der Waals surface area contributed by atoms with Crippen LogP contribution in [0, 0.1) is 6.92 Å². The molecule has 1 rings (SSSR count). The lowest BCUT2D eigenvalue weighted by molar-refractivity contribution is 0.0956. The van der Waals surface area contributed by atoms with Crippen LogP contribution in [0.1, 0.15) is 29.8 Å². The minimum Gasteiger partial charge on any atom is -0.385 e. The van der Waals surface area contributed by atoms with E-state index in [-0.39, 0.29) is 5.91 Å². The first-order valence-corrected chi connectivity index (χ1v) is 5.31. The van der Waals surface area contributed by atoms with E-state index in [1.54, 1.807) is 0 Å². The largest absolute Gasteiger partial charge is 0.385 e. The molecule has 82 valence electrons. The molecule has 15 heavy (non-hydrogen) atoms. The highest BCUT2D eigenvalue weighted by molar-refractivity contribution is 5.94. The minimum atomic E-state index is -0.0105. The average Bonchev–Trinajstić information content (AvgIpc) is 2.21. The summed E-state index contributed by atoms with van der Waals surface area (Å²) in [4.78, 5) is 11.5. The second-order valence-electron chi connectivity index (χ2n) is 3.42. The summed E-state index contributed by atoms with van der Waals surface area (Å²) >= 11 is 0. The van der Waals surface area contributed by atoms with Crippen molar-refractivity contribution in [1.29, 1.82) is 0 Å². The van der Waals surface area contributed by atoms with E-state index < -0.39 is 0 Å². The van der Waals surface area contributed by atoms with Crippen molar-refractivity contribution >= 4 is 11.6 Å². The predicted octanol–water partition coefficient (Wildman–Crippen LogP) is 2.18. The number of rotatable bonds is 4. The van der Waals surface area contributed by atoms with Crippen LogP contribution < -0.4 is 10.6 Å². The number of benzene rings is 1. The summed E-state index contributed by atoms with van der Waals surface area (Å²) in [6.07, 6.45) is 0. The molecule has 0 aliphatic rings. The van der Waals surface area contributed by atoms with E-state index in [1.807, 2.05) is 32.0 Å². The van der Waals surface area contributed by atoms with Gasteiger partial charge in [-0.1, -0.05) is 0 Å².